The van der Waals surface area contributed by atoms with Crippen molar-refractivity contribution >= 4 is 22.2 Å². The Hall–Kier alpha value is -2.47. The largest absolute Gasteiger partial charge is 0.334 e. The number of benzene rings is 1. The molecule has 0 aliphatic rings. The number of amides is 1. The molecule has 0 aliphatic heterocycles. The van der Waals surface area contributed by atoms with E-state index in [-0.39, 0.29) is 17.0 Å². The Bertz CT molecular complexity index is 854. The Kier molecular flexibility index (Phi) is 4.02. The molecule has 1 amide bonds. The highest BCUT2D eigenvalue weighted by atomic mass is 32.1. The Labute approximate surface area is 131 Å². The topological polar surface area (TPSA) is 54.7 Å². The van der Waals surface area contributed by atoms with Crippen LogP contribution in [0.2, 0.25) is 0 Å². The first-order chi connectivity index (χ1) is 10.7. The van der Waals surface area contributed by atoms with Crippen LogP contribution < -0.4 is 5.56 Å². The molecule has 0 unspecified atom stereocenters. The monoisotopic (exact) mass is 313 g/mol. The highest BCUT2D eigenvalue weighted by Crippen LogP contribution is 2.10. The van der Waals surface area contributed by atoms with Crippen LogP contribution in [0, 0.1) is 0 Å². The third-order valence-corrected chi connectivity index (χ3v) is 4.23. The molecule has 0 atom stereocenters. The van der Waals surface area contributed by atoms with Gasteiger partial charge < -0.3 is 4.90 Å². The van der Waals surface area contributed by atoms with E-state index in [0.29, 0.717) is 18.1 Å². The normalized spacial score (nSPS) is 10.8. The van der Waals surface area contributed by atoms with Gasteiger partial charge in [-0.3, -0.25) is 14.0 Å². The van der Waals surface area contributed by atoms with Crippen molar-refractivity contribution in [2.45, 2.75) is 13.5 Å². The Morgan fingerprint density at radius 2 is 2.09 bits per heavy atom. The van der Waals surface area contributed by atoms with Crippen LogP contribution >= 0.6 is 11.3 Å². The summed E-state index contributed by atoms with van der Waals surface area (Å²) in [4.78, 5) is 31.4. The standard InChI is InChI=1S/C16H15N3O2S/c1-2-18(11-12-6-4-3-5-7-12)14(20)13-10-17-16-19(15(13)21)8-9-22-16/h3-10H,2,11H2,1H3. The number of rotatable bonds is 4. The first-order valence-electron chi connectivity index (χ1n) is 6.98. The van der Waals surface area contributed by atoms with E-state index in [4.69, 9.17) is 0 Å². The van der Waals surface area contributed by atoms with Gasteiger partial charge in [0.05, 0.1) is 0 Å². The van der Waals surface area contributed by atoms with Crippen LogP contribution in [0.3, 0.4) is 0 Å². The van der Waals surface area contributed by atoms with Crippen molar-refractivity contribution in [3.63, 3.8) is 0 Å². The van der Waals surface area contributed by atoms with E-state index < -0.39 is 0 Å². The molecule has 22 heavy (non-hydrogen) atoms. The first-order valence-corrected chi connectivity index (χ1v) is 7.86. The summed E-state index contributed by atoms with van der Waals surface area (Å²) in [5, 5.41) is 1.78. The molecule has 2 aromatic heterocycles. The predicted molar refractivity (Wildman–Crippen MR) is 86.2 cm³/mol. The average molecular weight is 313 g/mol. The van der Waals surface area contributed by atoms with Crippen molar-refractivity contribution in [2.24, 2.45) is 0 Å². The summed E-state index contributed by atoms with van der Waals surface area (Å²) in [5.74, 6) is -0.288. The molecule has 0 fully saturated rings. The third kappa shape index (κ3) is 2.65. The highest BCUT2D eigenvalue weighted by Gasteiger charge is 2.19. The molecule has 1 aromatic carbocycles. The fourth-order valence-corrected chi connectivity index (χ4v) is 2.95. The molecular weight excluding hydrogens is 298 g/mol. The molecule has 0 bridgehead atoms. The van der Waals surface area contributed by atoms with Gasteiger partial charge in [-0.25, -0.2) is 4.98 Å². The van der Waals surface area contributed by atoms with Gasteiger partial charge in [0.15, 0.2) is 4.96 Å². The molecule has 2 heterocycles. The van der Waals surface area contributed by atoms with Crippen LogP contribution in [0.4, 0.5) is 0 Å². The maximum atomic E-state index is 12.6. The van der Waals surface area contributed by atoms with Crippen LogP contribution in [-0.4, -0.2) is 26.7 Å². The lowest BCUT2D eigenvalue weighted by Gasteiger charge is -2.20. The number of carbonyl (C=O) groups is 1. The van der Waals surface area contributed by atoms with Crippen molar-refractivity contribution < 1.29 is 4.79 Å². The van der Waals surface area contributed by atoms with Gasteiger partial charge in [0, 0.05) is 30.9 Å². The molecule has 0 saturated heterocycles. The van der Waals surface area contributed by atoms with E-state index in [9.17, 15) is 9.59 Å². The number of carbonyl (C=O) groups excluding carboxylic acids is 1. The molecule has 6 heteroatoms. The quantitative estimate of drug-likeness (QED) is 0.743. The Morgan fingerprint density at radius 1 is 1.32 bits per heavy atom. The smallest absolute Gasteiger partial charge is 0.271 e. The van der Waals surface area contributed by atoms with Gasteiger partial charge in [0.1, 0.15) is 5.56 Å². The molecule has 3 rings (SSSR count). The molecule has 112 valence electrons. The molecule has 0 aliphatic carbocycles. The summed E-state index contributed by atoms with van der Waals surface area (Å²) in [5.41, 5.74) is 0.818. The van der Waals surface area contributed by atoms with Crippen molar-refractivity contribution in [3.05, 3.63) is 69.6 Å². The van der Waals surface area contributed by atoms with E-state index in [1.165, 1.54) is 21.9 Å². The average Bonchev–Trinajstić information content (AvgIpc) is 3.03. The fourth-order valence-electron chi connectivity index (χ4n) is 2.27. The zero-order chi connectivity index (χ0) is 15.5. The number of thiazole rings is 1. The van der Waals surface area contributed by atoms with Gasteiger partial charge in [-0.1, -0.05) is 30.3 Å². The van der Waals surface area contributed by atoms with Crippen molar-refractivity contribution in [1.82, 2.24) is 14.3 Å². The molecule has 0 spiro atoms. The van der Waals surface area contributed by atoms with Crippen molar-refractivity contribution in [1.29, 1.82) is 0 Å². The van der Waals surface area contributed by atoms with Crippen LogP contribution in [-0.2, 0) is 6.54 Å². The van der Waals surface area contributed by atoms with Crippen LogP contribution in [0.15, 0.2) is 52.9 Å². The summed E-state index contributed by atoms with van der Waals surface area (Å²) in [7, 11) is 0. The minimum absolute atomic E-state index is 0.105. The van der Waals surface area contributed by atoms with E-state index in [0.717, 1.165) is 5.56 Å². The van der Waals surface area contributed by atoms with E-state index in [2.05, 4.69) is 4.98 Å². The van der Waals surface area contributed by atoms with E-state index in [1.807, 2.05) is 37.3 Å². The molecular formula is C16H15N3O2S. The molecule has 3 aromatic rings. The number of hydrogen-bond acceptors (Lipinski definition) is 4. The minimum atomic E-state index is -0.317. The highest BCUT2D eigenvalue weighted by molar-refractivity contribution is 7.15. The van der Waals surface area contributed by atoms with Gasteiger partial charge in [-0.15, -0.1) is 11.3 Å². The molecule has 5 nitrogen and oxygen atoms in total. The Morgan fingerprint density at radius 3 is 2.82 bits per heavy atom. The number of aromatic nitrogens is 2. The van der Waals surface area contributed by atoms with Gasteiger partial charge in [0.25, 0.3) is 11.5 Å². The number of hydrogen-bond donors (Lipinski definition) is 0. The second-order valence-electron chi connectivity index (χ2n) is 4.84. The lowest BCUT2D eigenvalue weighted by molar-refractivity contribution is 0.0750. The summed E-state index contributed by atoms with van der Waals surface area (Å²) in [6.07, 6.45) is 3.02. The zero-order valence-corrected chi connectivity index (χ0v) is 12.9. The lowest BCUT2D eigenvalue weighted by atomic mass is 10.2. The van der Waals surface area contributed by atoms with Crippen molar-refractivity contribution in [2.75, 3.05) is 6.54 Å². The predicted octanol–water partition coefficient (Wildman–Crippen LogP) is 2.42. The minimum Gasteiger partial charge on any atom is -0.334 e. The number of nitrogens with zero attached hydrogens (tertiary/aromatic N) is 3. The SMILES string of the molecule is CCN(Cc1ccccc1)C(=O)c1cnc2sccn2c1=O. The van der Waals surface area contributed by atoms with Gasteiger partial charge in [0.2, 0.25) is 0 Å². The zero-order valence-electron chi connectivity index (χ0n) is 12.1. The second kappa shape index (κ2) is 6.11. The Balaban J connectivity index is 1.93. The summed E-state index contributed by atoms with van der Waals surface area (Å²) in [6.45, 7) is 2.90. The summed E-state index contributed by atoms with van der Waals surface area (Å²) >= 11 is 1.37. The second-order valence-corrected chi connectivity index (χ2v) is 5.71. The first kappa shape index (κ1) is 14.5. The van der Waals surface area contributed by atoms with E-state index >= 15 is 0 Å². The third-order valence-electron chi connectivity index (χ3n) is 3.46. The fraction of sp³-hybridized carbons (Fsp3) is 0.188. The molecule has 0 saturated carbocycles. The number of fused-ring (bicyclic) bond motifs is 1. The molecule has 0 N–H and O–H groups in total. The molecule has 0 radical (unpaired) electrons. The van der Waals surface area contributed by atoms with Gasteiger partial charge in [-0.05, 0) is 12.5 Å². The van der Waals surface area contributed by atoms with Gasteiger partial charge >= 0.3 is 0 Å². The maximum Gasteiger partial charge on any atom is 0.271 e. The summed E-state index contributed by atoms with van der Waals surface area (Å²) < 4.78 is 1.41. The van der Waals surface area contributed by atoms with Crippen LogP contribution in [0.25, 0.3) is 4.96 Å². The van der Waals surface area contributed by atoms with Gasteiger partial charge in [-0.2, -0.15) is 0 Å². The lowest BCUT2D eigenvalue weighted by Crippen LogP contribution is -2.35. The summed E-state index contributed by atoms with van der Waals surface area (Å²) in [6, 6.07) is 9.72. The van der Waals surface area contributed by atoms with Crippen molar-refractivity contribution in [3.8, 4) is 0 Å². The van der Waals surface area contributed by atoms with E-state index in [1.54, 1.807) is 16.5 Å². The maximum absolute atomic E-state index is 12.6. The van der Waals surface area contributed by atoms with Crippen LogP contribution in [0.5, 0.6) is 0 Å². The van der Waals surface area contributed by atoms with Crippen LogP contribution in [0.1, 0.15) is 22.8 Å².